The molecule has 2 N–H and O–H groups in total. The van der Waals surface area contributed by atoms with Crippen LogP contribution >= 0.6 is 0 Å². The first-order valence-electron chi connectivity index (χ1n) is 7.48. The summed E-state index contributed by atoms with van der Waals surface area (Å²) in [5.41, 5.74) is 2.22. The van der Waals surface area contributed by atoms with Crippen molar-refractivity contribution < 1.29 is 9.53 Å². The lowest BCUT2D eigenvalue weighted by Crippen LogP contribution is -2.55. The zero-order valence-corrected chi connectivity index (χ0v) is 12.6. The number of hydrogen-bond acceptors (Lipinski definition) is 3. The van der Waals surface area contributed by atoms with Crippen molar-refractivity contribution in [1.82, 2.24) is 10.6 Å². The molecule has 2 aromatic rings. The lowest BCUT2D eigenvalue weighted by Gasteiger charge is -2.32. The molecule has 3 rings (SSSR count). The molecule has 22 heavy (non-hydrogen) atoms. The van der Waals surface area contributed by atoms with Gasteiger partial charge in [-0.25, -0.2) is 0 Å². The van der Waals surface area contributed by atoms with Gasteiger partial charge in [-0.15, -0.1) is 0 Å². The molecule has 0 radical (unpaired) electrons. The van der Waals surface area contributed by atoms with E-state index in [0.29, 0.717) is 13.0 Å². The molecular formula is C18H20N2O2. The van der Waals surface area contributed by atoms with E-state index < -0.39 is 0 Å². The molecule has 0 saturated carbocycles. The first-order chi connectivity index (χ1) is 10.8. The van der Waals surface area contributed by atoms with Crippen molar-refractivity contribution in [1.29, 1.82) is 0 Å². The van der Waals surface area contributed by atoms with Gasteiger partial charge in [-0.05, 0) is 18.1 Å². The van der Waals surface area contributed by atoms with E-state index in [9.17, 15) is 4.79 Å². The molecule has 1 aliphatic rings. The molecule has 0 aliphatic carbocycles. The molecule has 1 saturated heterocycles. The van der Waals surface area contributed by atoms with Crippen LogP contribution in [0.4, 0.5) is 0 Å². The SMILES string of the molecule is COc1ccccc1[C@H]1CNC(=O)[C@H](Cc2ccccc2)N1. The Morgan fingerprint density at radius 3 is 2.59 bits per heavy atom. The third-order valence-electron chi connectivity index (χ3n) is 4.00. The largest absolute Gasteiger partial charge is 0.496 e. The quantitative estimate of drug-likeness (QED) is 0.908. The highest BCUT2D eigenvalue weighted by atomic mass is 16.5. The van der Waals surface area contributed by atoms with E-state index in [1.807, 2.05) is 54.6 Å². The van der Waals surface area contributed by atoms with Crippen LogP contribution in [0.25, 0.3) is 0 Å². The minimum absolute atomic E-state index is 0.0509. The summed E-state index contributed by atoms with van der Waals surface area (Å²) in [5, 5.41) is 6.45. The zero-order valence-electron chi connectivity index (χ0n) is 12.6. The van der Waals surface area contributed by atoms with Crippen molar-refractivity contribution in [2.75, 3.05) is 13.7 Å². The molecule has 1 amide bonds. The average Bonchev–Trinajstić information content (AvgIpc) is 2.58. The van der Waals surface area contributed by atoms with Crippen molar-refractivity contribution in [2.24, 2.45) is 0 Å². The van der Waals surface area contributed by atoms with Gasteiger partial charge < -0.3 is 10.1 Å². The molecule has 1 heterocycles. The standard InChI is InChI=1S/C18H20N2O2/c1-22-17-10-6-5-9-14(17)16-12-19-18(21)15(20-16)11-13-7-3-2-4-8-13/h2-10,15-16,20H,11-12H2,1H3,(H,19,21)/t15-,16+/m0/s1. The van der Waals surface area contributed by atoms with Crippen LogP contribution in [-0.4, -0.2) is 25.6 Å². The molecule has 0 bridgehead atoms. The first-order valence-corrected chi connectivity index (χ1v) is 7.48. The minimum Gasteiger partial charge on any atom is -0.496 e. The number of amides is 1. The molecule has 2 aromatic carbocycles. The fourth-order valence-corrected chi connectivity index (χ4v) is 2.86. The van der Waals surface area contributed by atoms with Gasteiger partial charge in [0.05, 0.1) is 19.2 Å². The third-order valence-corrected chi connectivity index (χ3v) is 4.00. The van der Waals surface area contributed by atoms with E-state index in [2.05, 4.69) is 10.6 Å². The van der Waals surface area contributed by atoms with E-state index in [0.717, 1.165) is 16.9 Å². The van der Waals surface area contributed by atoms with E-state index in [1.54, 1.807) is 7.11 Å². The summed E-state index contributed by atoms with van der Waals surface area (Å²) in [6.07, 6.45) is 0.679. The Morgan fingerprint density at radius 2 is 1.82 bits per heavy atom. The smallest absolute Gasteiger partial charge is 0.237 e. The number of piperazine rings is 1. The predicted molar refractivity (Wildman–Crippen MR) is 85.8 cm³/mol. The zero-order chi connectivity index (χ0) is 15.4. The average molecular weight is 296 g/mol. The van der Waals surface area contributed by atoms with E-state index >= 15 is 0 Å². The number of carbonyl (C=O) groups is 1. The number of methoxy groups -OCH3 is 1. The number of nitrogens with one attached hydrogen (secondary N) is 2. The van der Waals surface area contributed by atoms with Gasteiger partial charge in [-0.3, -0.25) is 10.1 Å². The van der Waals surface area contributed by atoms with Crippen LogP contribution in [0.3, 0.4) is 0 Å². The van der Waals surface area contributed by atoms with Crippen molar-refractivity contribution >= 4 is 5.91 Å². The van der Waals surface area contributed by atoms with Crippen LogP contribution in [0.15, 0.2) is 54.6 Å². The Balaban J connectivity index is 1.77. The van der Waals surface area contributed by atoms with Crippen molar-refractivity contribution in [2.45, 2.75) is 18.5 Å². The molecule has 4 heteroatoms. The Bertz CT molecular complexity index is 643. The monoisotopic (exact) mass is 296 g/mol. The van der Waals surface area contributed by atoms with Crippen molar-refractivity contribution in [3.63, 3.8) is 0 Å². The van der Waals surface area contributed by atoms with Crippen LogP contribution in [0.5, 0.6) is 5.75 Å². The van der Waals surface area contributed by atoms with Crippen LogP contribution < -0.4 is 15.4 Å². The maximum Gasteiger partial charge on any atom is 0.237 e. The van der Waals surface area contributed by atoms with Gasteiger partial charge in [0.15, 0.2) is 0 Å². The minimum atomic E-state index is -0.230. The fraction of sp³-hybridized carbons (Fsp3) is 0.278. The fourth-order valence-electron chi connectivity index (χ4n) is 2.86. The maximum atomic E-state index is 12.1. The molecular weight excluding hydrogens is 276 g/mol. The Labute approximate surface area is 130 Å². The topological polar surface area (TPSA) is 50.4 Å². The van der Waals surface area contributed by atoms with Gasteiger partial charge >= 0.3 is 0 Å². The van der Waals surface area contributed by atoms with Gasteiger partial charge in [0.25, 0.3) is 0 Å². The molecule has 2 atom stereocenters. The van der Waals surface area contributed by atoms with Gasteiger partial charge in [0, 0.05) is 12.1 Å². The number of benzene rings is 2. The third kappa shape index (κ3) is 3.12. The summed E-state index contributed by atoms with van der Waals surface area (Å²) in [6, 6.07) is 17.8. The van der Waals surface area contributed by atoms with E-state index in [-0.39, 0.29) is 18.0 Å². The highest BCUT2D eigenvalue weighted by Crippen LogP contribution is 2.26. The molecule has 0 aromatic heterocycles. The number of hydrogen-bond donors (Lipinski definition) is 2. The van der Waals surface area contributed by atoms with Crippen LogP contribution in [0, 0.1) is 0 Å². The predicted octanol–water partition coefficient (Wildman–Crippen LogP) is 2.07. The van der Waals surface area contributed by atoms with Gasteiger partial charge in [-0.1, -0.05) is 48.5 Å². The highest BCUT2D eigenvalue weighted by molar-refractivity contribution is 5.83. The van der Waals surface area contributed by atoms with E-state index in [4.69, 9.17) is 4.74 Å². The molecule has 1 aliphatic heterocycles. The van der Waals surface area contributed by atoms with Gasteiger partial charge in [0.1, 0.15) is 5.75 Å². The molecule has 114 valence electrons. The number of carbonyl (C=O) groups excluding carboxylic acids is 1. The molecule has 1 fully saturated rings. The number of ether oxygens (including phenoxy) is 1. The molecule has 4 nitrogen and oxygen atoms in total. The van der Waals surface area contributed by atoms with Gasteiger partial charge in [-0.2, -0.15) is 0 Å². The van der Waals surface area contributed by atoms with Crippen LogP contribution in [0.2, 0.25) is 0 Å². The normalized spacial score (nSPS) is 21.2. The van der Waals surface area contributed by atoms with Gasteiger partial charge in [0.2, 0.25) is 5.91 Å². The Hall–Kier alpha value is -2.33. The summed E-state index contributed by atoms with van der Waals surface area (Å²) in [4.78, 5) is 12.1. The Morgan fingerprint density at radius 1 is 1.09 bits per heavy atom. The molecule has 0 spiro atoms. The summed E-state index contributed by atoms with van der Waals surface area (Å²) >= 11 is 0. The second-order valence-corrected chi connectivity index (χ2v) is 5.45. The summed E-state index contributed by atoms with van der Waals surface area (Å²) < 4.78 is 5.43. The first kappa shape index (κ1) is 14.6. The number of para-hydroxylation sites is 1. The lowest BCUT2D eigenvalue weighted by atomic mass is 9.98. The summed E-state index contributed by atoms with van der Waals surface area (Å²) in [6.45, 7) is 0.574. The van der Waals surface area contributed by atoms with Crippen molar-refractivity contribution in [3.05, 3.63) is 65.7 Å². The maximum absolute atomic E-state index is 12.1. The second-order valence-electron chi connectivity index (χ2n) is 5.45. The highest BCUT2D eigenvalue weighted by Gasteiger charge is 2.29. The van der Waals surface area contributed by atoms with Crippen LogP contribution in [0.1, 0.15) is 17.2 Å². The molecule has 0 unspecified atom stereocenters. The Kier molecular flexibility index (Phi) is 4.39. The second kappa shape index (κ2) is 6.62. The number of rotatable bonds is 4. The summed E-state index contributed by atoms with van der Waals surface area (Å²) in [5.74, 6) is 0.893. The lowest BCUT2D eigenvalue weighted by molar-refractivity contribution is -0.125. The van der Waals surface area contributed by atoms with Crippen LogP contribution in [-0.2, 0) is 11.2 Å². The summed E-state index contributed by atoms with van der Waals surface area (Å²) in [7, 11) is 1.67. The van der Waals surface area contributed by atoms with E-state index in [1.165, 1.54) is 0 Å². The van der Waals surface area contributed by atoms with Crippen molar-refractivity contribution in [3.8, 4) is 5.75 Å².